The average Bonchev–Trinajstić information content (AvgIpc) is 2.86. The van der Waals surface area contributed by atoms with E-state index in [9.17, 15) is 13.2 Å². The molecule has 8 heteroatoms. The first-order chi connectivity index (χ1) is 16.3. The number of benzene rings is 3. The number of para-hydroxylation sites is 2. The number of rotatable bonds is 11. The third-order valence-electron chi connectivity index (χ3n) is 5.37. The normalized spacial score (nSPS) is 11.0. The molecule has 34 heavy (non-hydrogen) atoms. The number of aryl methyl sites for hydroxylation is 2. The Hall–Kier alpha value is -3.52. The van der Waals surface area contributed by atoms with E-state index in [1.807, 2.05) is 6.92 Å². The van der Waals surface area contributed by atoms with Gasteiger partial charge in [-0.1, -0.05) is 42.0 Å². The summed E-state index contributed by atoms with van der Waals surface area (Å²) in [7, 11) is -1.08. The Balaban J connectivity index is 1.75. The fourth-order valence-electron chi connectivity index (χ4n) is 3.47. The van der Waals surface area contributed by atoms with E-state index in [2.05, 4.69) is 29.6 Å². The first-order valence-corrected chi connectivity index (χ1v) is 12.4. The van der Waals surface area contributed by atoms with Gasteiger partial charge < -0.3 is 14.8 Å². The minimum absolute atomic E-state index is 0.0476. The summed E-state index contributed by atoms with van der Waals surface area (Å²) in [6.45, 7) is 2.10. The van der Waals surface area contributed by atoms with Crippen LogP contribution in [0.4, 0.5) is 5.69 Å². The molecule has 3 aromatic rings. The molecule has 1 amide bonds. The van der Waals surface area contributed by atoms with Crippen LogP contribution >= 0.6 is 0 Å². The maximum Gasteiger partial charge on any atom is 0.264 e. The number of carbonyl (C=O) groups is 1. The van der Waals surface area contributed by atoms with Crippen molar-refractivity contribution in [1.82, 2.24) is 5.32 Å². The summed E-state index contributed by atoms with van der Waals surface area (Å²) in [5.74, 6) is 0.493. The van der Waals surface area contributed by atoms with E-state index < -0.39 is 15.9 Å². The van der Waals surface area contributed by atoms with Gasteiger partial charge in [0.05, 0.1) is 24.8 Å². The van der Waals surface area contributed by atoms with Crippen molar-refractivity contribution >= 4 is 21.6 Å². The highest BCUT2D eigenvalue weighted by Gasteiger charge is 2.29. The summed E-state index contributed by atoms with van der Waals surface area (Å²) in [4.78, 5) is 12.8. The van der Waals surface area contributed by atoms with Gasteiger partial charge in [-0.2, -0.15) is 0 Å². The molecule has 0 atom stereocenters. The van der Waals surface area contributed by atoms with Crippen LogP contribution in [0.15, 0.2) is 77.7 Å². The minimum atomic E-state index is -4.05. The van der Waals surface area contributed by atoms with Crippen molar-refractivity contribution in [3.05, 3.63) is 83.9 Å². The van der Waals surface area contributed by atoms with Gasteiger partial charge in [-0.15, -0.1) is 0 Å². The van der Waals surface area contributed by atoms with Gasteiger partial charge in [0.1, 0.15) is 18.0 Å². The fraction of sp³-hybridized carbons (Fsp3) is 0.269. The van der Waals surface area contributed by atoms with Crippen LogP contribution in [0, 0.1) is 6.92 Å². The van der Waals surface area contributed by atoms with Crippen molar-refractivity contribution in [2.24, 2.45) is 0 Å². The Morgan fingerprint density at radius 2 is 1.59 bits per heavy atom. The van der Waals surface area contributed by atoms with Gasteiger partial charge in [-0.25, -0.2) is 8.42 Å². The van der Waals surface area contributed by atoms with Crippen molar-refractivity contribution < 1.29 is 22.7 Å². The number of methoxy groups -OCH3 is 2. The van der Waals surface area contributed by atoms with Crippen molar-refractivity contribution in [1.29, 1.82) is 0 Å². The lowest BCUT2D eigenvalue weighted by atomic mass is 10.1. The summed E-state index contributed by atoms with van der Waals surface area (Å²) in [5.41, 5.74) is 2.68. The van der Waals surface area contributed by atoms with Crippen LogP contribution in [0.2, 0.25) is 0 Å². The molecule has 0 bridgehead atoms. The summed E-state index contributed by atoms with van der Waals surface area (Å²) < 4.78 is 38.6. The largest absolute Gasteiger partial charge is 0.497 e. The van der Waals surface area contributed by atoms with Crippen LogP contribution in [0.5, 0.6) is 11.5 Å². The molecular formula is C26H30N2O5S. The van der Waals surface area contributed by atoms with Crippen molar-refractivity contribution in [2.45, 2.75) is 24.7 Å². The molecule has 1 N–H and O–H groups in total. The van der Waals surface area contributed by atoms with E-state index in [1.54, 1.807) is 36.4 Å². The van der Waals surface area contributed by atoms with Crippen LogP contribution in [-0.4, -0.2) is 41.6 Å². The number of carbonyl (C=O) groups excluding carboxylic acids is 1. The predicted octanol–water partition coefficient (Wildman–Crippen LogP) is 3.96. The zero-order valence-electron chi connectivity index (χ0n) is 19.7. The number of hydrogen-bond acceptors (Lipinski definition) is 5. The van der Waals surface area contributed by atoms with Gasteiger partial charge in [-0.05, 0) is 61.7 Å². The van der Waals surface area contributed by atoms with E-state index in [-0.39, 0.29) is 17.1 Å². The molecule has 0 saturated carbocycles. The second kappa shape index (κ2) is 11.6. The molecule has 0 unspecified atom stereocenters. The molecular weight excluding hydrogens is 452 g/mol. The molecule has 0 saturated heterocycles. The zero-order chi connectivity index (χ0) is 24.6. The fourth-order valence-corrected chi connectivity index (χ4v) is 4.90. The molecule has 7 nitrogen and oxygen atoms in total. The van der Waals surface area contributed by atoms with Crippen LogP contribution in [-0.2, 0) is 21.2 Å². The third kappa shape index (κ3) is 6.29. The SMILES string of the molecule is COc1ccc(S(=O)(=O)N(CC(=O)NCCCc2ccc(C)cc2)c2ccccc2OC)cc1. The van der Waals surface area contributed by atoms with E-state index in [0.29, 0.717) is 18.0 Å². The summed E-state index contributed by atoms with van der Waals surface area (Å²) in [5, 5.41) is 2.84. The van der Waals surface area contributed by atoms with Crippen LogP contribution in [0.25, 0.3) is 0 Å². The van der Waals surface area contributed by atoms with Crippen molar-refractivity contribution in [3.8, 4) is 11.5 Å². The summed E-state index contributed by atoms with van der Waals surface area (Å²) in [6, 6.07) is 21.0. The van der Waals surface area contributed by atoms with Gasteiger partial charge in [0.25, 0.3) is 10.0 Å². The maximum atomic E-state index is 13.5. The molecule has 0 aromatic heterocycles. The lowest BCUT2D eigenvalue weighted by Gasteiger charge is -2.25. The molecule has 0 aliphatic carbocycles. The van der Waals surface area contributed by atoms with Gasteiger partial charge in [0, 0.05) is 6.54 Å². The summed E-state index contributed by atoms with van der Waals surface area (Å²) >= 11 is 0. The lowest BCUT2D eigenvalue weighted by molar-refractivity contribution is -0.119. The lowest BCUT2D eigenvalue weighted by Crippen LogP contribution is -2.41. The Morgan fingerprint density at radius 3 is 2.24 bits per heavy atom. The van der Waals surface area contributed by atoms with E-state index in [4.69, 9.17) is 9.47 Å². The Bertz CT molecular complexity index is 1190. The topological polar surface area (TPSA) is 84.9 Å². The molecule has 0 aliphatic heterocycles. The summed E-state index contributed by atoms with van der Waals surface area (Å²) in [6.07, 6.45) is 1.57. The molecule has 3 rings (SSSR count). The van der Waals surface area contributed by atoms with E-state index >= 15 is 0 Å². The molecule has 0 heterocycles. The highest BCUT2D eigenvalue weighted by molar-refractivity contribution is 7.92. The quantitative estimate of drug-likeness (QED) is 0.418. The number of hydrogen-bond donors (Lipinski definition) is 1. The monoisotopic (exact) mass is 482 g/mol. The first-order valence-electron chi connectivity index (χ1n) is 11.0. The Labute approximate surface area is 201 Å². The molecule has 0 aliphatic rings. The second-order valence-electron chi connectivity index (χ2n) is 7.80. The predicted molar refractivity (Wildman–Crippen MR) is 133 cm³/mol. The van der Waals surface area contributed by atoms with Gasteiger partial charge in [0.15, 0.2) is 0 Å². The number of nitrogens with zero attached hydrogens (tertiary/aromatic N) is 1. The highest BCUT2D eigenvalue weighted by atomic mass is 32.2. The molecule has 180 valence electrons. The van der Waals surface area contributed by atoms with E-state index in [1.165, 1.54) is 37.5 Å². The zero-order valence-corrected chi connectivity index (χ0v) is 20.5. The van der Waals surface area contributed by atoms with Crippen molar-refractivity contribution in [2.75, 3.05) is 31.6 Å². The minimum Gasteiger partial charge on any atom is -0.497 e. The van der Waals surface area contributed by atoms with E-state index in [0.717, 1.165) is 17.1 Å². The first kappa shape index (κ1) is 25.1. The Kier molecular flexibility index (Phi) is 8.54. The standard InChI is InChI=1S/C26H30N2O5S/c1-20-10-12-21(13-11-20)7-6-18-27-26(29)19-28(24-8-4-5-9-25(24)33-3)34(30,31)23-16-14-22(32-2)15-17-23/h4-5,8-17H,6-7,18-19H2,1-3H3,(H,27,29). The van der Waals surface area contributed by atoms with Gasteiger partial charge >= 0.3 is 0 Å². The third-order valence-corrected chi connectivity index (χ3v) is 7.15. The molecule has 0 fully saturated rings. The van der Waals surface area contributed by atoms with Crippen molar-refractivity contribution in [3.63, 3.8) is 0 Å². The maximum absolute atomic E-state index is 13.5. The number of anilines is 1. The second-order valence-corrected chi connectivity index (χ2v) is 9.66. The molecule has 0 radical (unpaired) electrons. The van der Waals surface area contributed by atoms with Gasteiger partial charge in [-0.3, -0.25) is 9.10 Å². The van der Waals surface area contributed by atoms with Gasteiger partial charge in [0.2, 0.25) is 5.91 Å². The highest BCUT2D eigenvalue weighted by Crippen LogP contribution is 2.32. The number of ether oxygens (including phenoxy) is 2. The Morgan fingerprint density at radius 1 is 0.912 bits per heavy atom. The number of amides is 1. The van der Waals surface area contributed by atoms with Crippen LogP contribution in [0.1, 0.15) is 17.5 Å². The number of sulfonamides is 1. The number of nitrogens with one attached hydrogen (secondary N) is 1. The molecule has 3 aromatic carbocycles. The molecule has 0 spiro atoms. The van der Waals surface area contributed by atoms with Crippen LogP contribution in [0.3, 0.4) is 0 Å². The van der Waals surface area contributed by atoms with Crippen LogP contribution < -0.4 is 19.1 Å². The average molecular weight is 483 g/mol. The smallest absolute Gasteiger partial charge is 0.264 e.